The van der Waals surface area contributed by atoms with Crippen LogP contribution in [0, 0.1) is 6.92 Å². The van der Waals surface area contributed by atoms with Gasteiger partial charge in [0.2, 0.25) is 0 Å². The Balaban J connectivity index is 1.63. The van der Waals surface area contributed by atoms with E-state index in [9.17, 15) is 4.79 Å². The van der Waals surface area contributed by atoms with Gasteiger partial charge in [0.1, 0.15) is 5.69 Å². The van der Waals surface area contributed by atoms with Crippen molar-refractivity contribution in [2.75, 3.05) is 26.2 Å². The van der Waals surface area contributed by atoms with Crippen molar-refractivity contribution in [3.63, 3.8) is 0 Å². The van der Waals surface area contributed by atoms with Gasteiger partial charge in [-0.3, -0.25) is 9.48 Å². The van der Waals surface area contributed by atoms with Gasteiger partial charge in [-0.2, -0.15) is 10.2 Å². The summed E-state index contributed by atoms with van der Waals surface area (Å²) in [6.07, 6.45) is 4.28. The first-order valence-electron chi connectivity index (χ1n) is 11.5. The number of likely N-dealkylation sites (tertiary alicyclic amines) is 1. The molecule has 1 aromatic carbocycles. The zero-order valence-corrected chi connectivity index (χ0v) is 19.7. The number of rotatable bonds is 7. The van der Waals surface area contributed by atoms with Gasteiger partial charge in [-0.05, 0) is 77.9 Å². The van der Waals surface area contributed by atoms with E-state index in [1.54, 1.807) is 6.20 Å². The summed E-state index contributed by atoms with van der Waals surface area (Å²) in [4.78, 5) is 18.2. The van der Waals surface area contributed by atoms with Crippen LogP contribution in [-0.2, 0) is 12.1 Å². The summed E-state index contributed by atoms with van der Waals surface area (Å²) >= 11 is 0. The highest BCUT2D eigenvalue weighted by Crippen LogP contribution is 2.21. The number of carbonyl (C=O) groups is 1. The molecule has 0 radical (unpaired) electrons. The Labute approximate surface area is 190 Å². The van der Waals surface area contributed by atoms with Crippen LogP contribution in [0.5, 0.6) is 0 Å². The average molecular weight is 435 g/mol. The smallest absolute Gasteiger partial charge is 0.272 e. The van der Waals surface area contributed by atoms with Crippen LogP contribution in [-0.4, -0.2) is 61.4 Å². The van der Waals surface area contributed by atoms with E-state index in [-0.39, 0.29) is 11.4 Å². The van der Waals surface area contributed by atoms with E-state index in [1.807, 2.05) is 63.7 Å². The van der Waals surface area contributed by atoms with E-state index in [2.05, 4.69) is 35.9 Å². The Hall–Kier alpha value is -2.93. The molecule has 0 unspecified atom stereocenters. The summed E-state index contributed by atoms with van der Waals surface area (Å²) in [6, 6.07) is 14.0. The number of hydrogen-bond acceptors (Lipinski definition) is 4. The summed E-state index contributed by atoms with van der Waals surface area (Å²) in [6.45, 7) is 12.5. The van der Waals surface area contributed by atoms with Crippen molar-refractivity contribution >= 4 is 5.91 Å². The summed E-state index contributed by atoms with van der Waals surface area (Å²) < 4.78 is 3.78. The molecule has 7 nitrogen and oxygen atoms in total. The van der Waals surface area contributed by atoms with Crippen LogP contribution in [0.3, 0.4) is 0 Å². The first kappa shape index (κ1) is 22.3. The number of nitrogens with zero attached hydrogens (tertiary/aromatic N) is 6. The van der Waals surface area contributed by atoms with Gasteiger partial charge >= 0.3 is 0 Å². The topological polar surface area (TPSA) is 59.2 Å². The van der Waals surface area contributed by atoms with Crippen molar-refractivity contribution < 1.29 is 4.79 Å². The molecule has 32 heavy (non-hydrogen) atoms. The largest absolute Gasteiger partial charge is 0.330 e. The minimum Gasteiger partial charge on any atom is -0.330 e. The van der Waals surface area contributed by atoms with Crippen LogP contribution >= 0.6 is 0 Å². The van der Waals surface area contributed by atoms with E-state index in [4.69, 9.17) is 0 Å². The van der Waals surface area contributed by atoms with Gasteiger partial charge in [0.25, 0.3) is 5.91 Å². The lowest BCUT2D eigenvalue weighted by atomic mass is 10.1. The molecule has 170 valence electrons. The molecule has 3 aromatic rings. The van der Waals surface area contributed by atoms with Gasteiger partial charge in [-0.1, -0.05) is 18.2 Å². The van der Waals surface area contributed by atoms with Crippen molar-refractivity contribution in [1.29, 1.82) is 0 Å². The Morgan fingerprint density at radius 2 is 1.81 bits per heavy atom. The van der Waals surface area contributed by atoms with Gasteiger partial charge in [0, 0.05) is 19.3 Å². The highest BCUT2D eigenvalue weighted by Gasteiger charge is 2.27. The second-order valence-corrected chi connectivity index (χ2v) is 9.60. The first-order chi connectivity index (χ1) is 15.3. The minimum atomic E-state index is -0.272. The van der Waals surface area contributed by atoms with E-state index < -0.39 is 0 Å². The monoisotopic (exact) mass is 434 g/mol. The van der Waals surface area contributed by atoms with Gasteiger partial charge in [0.05, 0.1) is 29.2 Å². The van der Waals surface area contributed by atoms with E-state index in [0.717, 1.165) is 36.7 Å². The molecule has 7 heteroatoms. The van der Waals surface area contributed by atoms with Crippen molar-refractivity contribution in [1.82, 2.24) is 29.4 Å². The molecular formula is C25H34N6O. The maximum absolute atomic E-state index is 13.8. The van der Waals surface area contributed by atoms with Gasteiger partial charge in [-0.25, -0.2) is 4.68 Å². The predicted molar refractivity (Wildman–Crippen MR) is 126 cm³/mol. The van der Waals surface area contributed by atoms with Gasteiger partial charge in [0.15, 0.2) is 0 Å². The van der Waals surface area contributed by atoms with Gasteiger partial charge < -0.3 is 9.80 Å². The molecule has 1 fully saturated rings. The Kier molecular flexibility index (Phi) is 6.46. The average Bonchev–Trinajstić information content (AvgIpc) is 3.51. The minimum absolute atomic E-state index is 0.0144. The number of amides is 1. The molecule has 1 amide bonds. The molecule has 0 spiro atoms. The third kappa shape index (κ3) is 4.93. The molecule has 1 saturated heterocycles. The third-order valence-corrected chi connectivity index (χ3v) is 5.93. The molecule has 3 heterocycles. The Morgan fingerprint density at radius 1 is 1.09 bits per heavy atom. The number of aryl methyl sites for hydroxylation is 1. The summed E-state index contributed by atoms with van der Waals surface area (Å²) in [5.74, 6) is 0.0144. The molecule has 0 saturated carbocycles. The van der Waals surface area contributed by atoms with Crippen LogP contribution < -0.4 is 0 Å². The summed E-state index contributed by atoms with van der Waals surface area (Å²) in [5, 5.41) is 9.15. The quantitative estimate of drug-likeness (QED) is 0.566. The molecule has 2 aromatic heterocycles. The number of para-hydroxylation sites is 1. The van der Waals surface area contributed by atoms with Crippen LogP contribution in [0.4, 0.5) is 0 Å². The fourth-order valence-corrected chi connectivity index (χ4v) is 4.29. The lowest BCUT2D eigenvalue weighted by molar-refractivity contribution is 0.0703. The van der Waals surface area contributed by atoms with Crippen molar-refractivity contribution in [3.05, 3.63) is 65.7 Å². The van der Waals surface area contributed by atoms with Crippen molar-refractivity contribution in [2.24, 2.45) is 0 Å². The first-order valence-corrected chi connectivity index (χ1v) is 11.5. The SMILES string of the molecule is Cc1cc(C(=O)N(CCN2CCCC2)Cc2ccnn2-c2ccccc2)n(C(C)(C)C)n1. The molecule has 1 aliphatic heterocycles. The Morgan fingerprint density at radius 3 is 2.50 bits per heavy atom. The number of carbonyl (C=O) groups excluding carboxylic acids is 1. The van der Waals surface area contributed by atoms with Crippen molar-refractivity contribution in [3.8, 4) is 5.69 Å². The van der Waals surface area contributed by atoms with E-state index in [1.165, 1.54) is 12.8 Å². The standard InChI is InChI=1S/C25H34N6O/c1-20-18-23(31(27-20)25(2,3)4)24(32)29(17-16-28-14-8-9-15-28)19-22-12-13-26-30(22)21-10-6-5-7-11-21/h5-7,10-13,18H,8-9,14-17,19H2,1-4H3. The molecule has 0 bridgehead atoms. The van der Waals surface area contributed by atoms with Crippen LogP contribution in [0.1, 0.15) is 55.5 Å². The molecule has 1 aliphatic rings. The summed E-state index contributed by atoms with van der Waals surface area (Å²) in [7, 11) is 0. The molecule has 0 N–H and O–H groups in total. The number of benzene rings is 1. The summed E-state index contributed by atoms with van der Waals surface area (Å²) in [5.41, 5.74) is 3.21. The second-order valence-electron chi connectivity index (χ2n) is 9.60. The Bertz CT molecular complexity index is 1040. The van der Waals surface area contributed by atoms with Crippen molar-refractivity contribution in [2.45, 2.75) is 52.6 Å². The van der Waals surface area contributed by atoms with E-state index >= 15 is 0 Å². The second kappa shape index (κ2) is 9.28. The molecule has 4 rings (SSSR count). The lowest BCUT2D eigenvalue weighted by Gasteiger charge is -2.28. The maximum Gasteiger partial charge on any atom is 0.272 e. The normalized spacial score (nSPS) is 14.8. The van der Waals surface area contributed by atoms with E-state index in [0.29, 0.717) is 18.8 Å². The molecular weight excluding hydrogens is 400 g/mol. The zero-order valence-electron chi connectivity index (χ0n) is 19.7. The highest BCUT2D eigenvalue weighted by atomic mass is 16.2. The highest BCUT2D eigenvalue weighted by molar-refractivity contribution is 5.92. The fourth-order valence-electron chi connectivity index (χ4n) is 4.29. The van der Waals surface area contributed by atoms with Crippen LogP contribution in [0.15, 0.2) is 48.7 Å². The lowest BCUT2D eigenvalue weighted by Crippen LogP contribution is -2.40. The zero-order chi connectivity index (χ0) is 22.7. The van der Waals surface area contributed by atoms with Crippen LogP contribution in [0.25, 0.3) is 5.69 Å². The molecule has 0 aliphatic carbocycles. The van der Waals surface area contributed by atoms with Crippen LogP contribution in [0.2, 0.25) is 0 Å². The predicted octanol–water partition coefficient (Wildman–Crippen LogP) is 3.87. The number of hydrogen-bond donors (Lipinski definition) is 0. The molecule has 0 atom stereocenters. The maximum atomic E-state index is 13.8. The number of aromatic nitrogens is 4. The third-order valence-electron chi connectivity index (χ3n) is 5.93. The fraction of sp³-hybridized carbons (Fsp3) is 0.480. The van der Waals surface area contributed by atoms with Gasteiger partial charge in [-0.15, -0.1) is 0 Å².